The number of hydrogen-bond acceptors (Lipinski definition) is 1. The molecule has 0 atom stereocenters. The molecule has 1 heteroatoms. The molecule has 0 N–H and O–H groups in total. The molecule has 1 saturated carbocycles. The van der Waals surface area contributed by atoms with E-state index >= 15 is 0 Å². The van der Waals surface area contributed by atoms with Crippen LogP contribution in [0.5, 0.6) is 0 Å². The quantitative estimate of drug-likeness (QED) is 0.255. The molecule has 2 aliphatic rings. The van der Waals surface area contributed by atoms with E-state index in [9.17, 15) is 0 Å². The second-order valence-corrected chi connectivity index (χ2v) is 13.8. The summed E-state index contributed by atoms with van der Waals surface area (Å²) < 4.78 is 0. The van der Waals surface area contributed by atoms with E-state index in [1.54, 1.807) is 5.56 Å². The molecule has 1 nitrogen and oxygen atoms in total. The van der Waals surface area contributed by atoms with Gasteiger partial charge in [-0.1, -0.05) is 93.8 Å². The average molecular weight is 528 g/mol. The molecule has 0 radical (unpaired) electrons. The van der Waals surface area contributed by atoms with Crippen molar-refractivity contribution in [3.8, 4) is 22.3 Å². The van der Waals surface area contributed by atoms with E-state index < -0.39 is 0 Å². The Hall–Kier alpha value is -3.32. The fourth-order valence-electron chi connectivity index (χ4n) is 7.46. The highest BCUT2D eigenvalue weighted by atomic mass is 15.2. The molecule has 0 aromatic heterocycles. The molecule has 0 amide bonds. The Bertz CT molecular complexity index is 1540. The summed E-state index contributed by atoms with van der Waals surface area (Å²) in [5, 5.41) is 0. The Balaban J connectivity index is 1.52. The lowest BCUT2D eigenvalue weighted by Crippen LogP contribution is -2.38. The van der Waals surface area contributed by atoms with Crippen LogP contribution >= 0.6 is 0 Å². The first-order valence-corrected chi connectivity index (χ1v) is 15.3. The normalized spacial score (nSPS) is 16.5. The van der Waals surface area contributed by atoms with Gasteiger partial charge in [0.2, 0.25) is 0 Å². The summed E-state index contributed by atoms with van der Waals surface area (Å²) in [4.78, 5) is 2.59. The van der Waals surface area contributed by atoms with Crippen LogP contribution in [0.2, 0.25) is 0 Å². The number of anilines is 2. The van der Waals surface area contributed by atoms with E-state index in [2.05, 4.69) is 132 Å². The Morgan fingerprint density at radius 2 is 1.38 bits per heavy atom. The van der Waals surface area contributed by atoms with Crippen molar-refractivity contribution < 1.29 is 0 Å². The summed E-state index contributed by atoms with van der Waals surface area (Å²) in [6, 6.07) is 29.9. The highest BCUT2D eigenvalue weighted by molar-refractivity contribution is 5.87. The SMILES string of the molecule is Cc1ccc(-c2ccccc2)cc1N(c1cc2c(cc1C)-c1c(C3CCCCC3)cccc1C2(C)C)C(C)(C)C. The fraction of sp³-hybridized carbons (Fsp3) is 0.385. The lowest BCUT2D eigenvalue weighted by molar-refractivity contribution is 0.444. The van der Waals surface area contributed by atoms with Gasteiger partial charge < -0.3 is 4.90 Å². The Kier molecular flexibility index (Phi) is 6.68. The third-order valence-corrected chi connectivity index (χ3v) is 9.56. The van der Waals surface area contributed by atoms with Crippen molar-refractivity contribution in [3.05, 3.63) is 107 Å². The van der Waals surface area contributed by atoms with Crippen LogP contribution in [0.25, 0.3) is 22.3 Å². The third kappa shape index (κ3) is 4.48. The summed E-state index contributed by atoms with van der Waals surface area (Å²) in [6.07, 6.45) is 6.79. The first-order chi connectivity index (χ1) is 19.1. The molecule has 2 aliphatic carbocycles. The second-order valence-electron chi connectivity index (χ2n) is 13.8. The van der Waals surface area contributed by atoms with Crippen LogP contribution < -0.4 is 4.90 Å². The van der Waals surface area contributed by atoms with E-state index in [-0.39, 0.29) is 11.0 Å². The van der Waals surface area contributed by atoms with Crippen LogP contribution in [-0.4, -0.2) is 5.54 Å². The maximum Gasteiger partial charge on any atom is 0.0451 e. The molecule has 4 aromatic carbocycles. The van der Waals surface area contributed by atoms with Gasteiger partial charge in [-0.3, -0.25) is 0 Å². The van der Waals surface area contributed by atoms with E-state index in [0.29, 0.717) is 5.92 Å². The molecule has 206 valence electrons. The van der Waals surface area contributed by atoms with Gasteiger partial charge in [0, 0.05) is 22.3 Å². The predicted octanol–water partition coefficient (Wildman–Crippen LogP) is 11.3. The summed E-state index contributed by atoms with van der Waals surface area (Å²) in [6.45, 7) is 16.5. The smallest absolute Gasteiger partial charge is 0.0451 e. The summed E-state index contributed by atoms with van der Waals surface area (Å²) in [5.41, 5.74) is 15.2. The van der Waals surface area contributed by atoms with Crippen molar-refractivity contribution >= 4 is 11.4 Å². The van der Waals surface area contributed by atoms with Gasteiger partial charge in [-0.25, -0.2) is 0 Å². The molecule has 0 spiro atoms. The highest BCUT2D eigenvalue weighted by Gasteiger charge is 2.39. The van der Waals surface area contributed by atoms with Gasteiger partial charge in [0.25, 0.3) is 0 Å². The minimum absolute atomic E-state index is 0.0255. The molecular formula is C39H45N. The minimum atomic E-state index is -0.0953. The van der Waals surface area contributed by atoms with Crippen LogP contribution in [0, 0.1) is 13.8 Å². The molecule has 1 fully saturated rings. The van der Waals surface area contributed by atoms with Crippen molar-refractivity contribution in [2.75, 3.05) is 4.90 Å². The van der Waals surface area contributed by atoms with E-state index in [1.807, 2.05) is 0 Å². The maximum absolute atomic E-state index is 2.59. The number of aryl methyl sites for hydroxylation is 2. The average Bonchev–Trinajstić information content (AvgIpc) is 3.16. The minimum Gasteiger partial charge on any atom is -0.336 e. The van der Waals surface area contributed by atoms with Crippen LogP contribution in [0.1, 0.15) is 100 Å². The Morgan fingerprint density at radius 3 is 2.08 bits per heavy atom. The lowest BCUT2D eigenvalue weighted by atomic mass is 9.78. The second kappa shape index (κ2) is 9.95. The zero-order valence-corrected chi connectivity index (χ0v) is 25.6. The molecule has 0 heterocycles. The van der Waals surface area contributed by atoms with Crippen molar-refractivity contribution in [1.82, 2.24) is 0 Å². The summed E-state index contributed by atoms with van der Waals surface area (Å²) in [7, 11) is 0. The standard InChI is InChI=1S/C39H45N/c1-26-21-22-30(28-15-10-8-11-16-28)24-35(26)40(38(3,4)5)36-25-34-32(23-27(36)2)37-31(29-17-12-9-13-18-29)19-14-20-33(37)39(34,6)7/h8,10-11,14-16,19-25,29H,9,12-13,17-18H2,1-7H3. The van der Waals surface area contributed by atoms with Crippen molar-refractivity contribution in [2.24, 2.45) is 0 Å². The Morgan fingerprint density at radius 1 is 0.675 bits per heavy atom. The van der Waals surface area contributed by atoms with E-state index in [0.717, 1.165) is 0 Å². The molecule has 0 bridgehead atoms. The van der Waals surface area contributed by atoms with Gasteiger partial charge in [-0.2, -0.15) is 0 Å². The van der Waals surface area contributed by atoms with Gasteiger partial charge in [-0.05, 0) is 122 Å². The van der Waals surface area contributed by atoms with Gasteiger partial charge in [-0.15, -0.1) is 0 Å². The third-order valence-electron chi connectivity index (χ3n) is 9.56. The zero-order valence-electron chi connectivity index (χ0n) is 25.6. The molecule has 40 heavy (non-hydrogen) atoms. The van der Waals surface area contributed by atoms with Crippen LogP contribution in [0.4, 0.5) is 11.4 Å². The molecule has 4 aromatic rings. The molecular weight excluding hydrogens is 482 g/mol. The zero-order chi connectivity index (χ0) is 28.2. The first kappa shape index (κ1) is 26.9. The Labute approximate surface area is 242 Å². The van der Waals surface area contributed by atoms with Gasteiger partial charge in [0.15, 0.2) is 0 Å². The van der Waals surface area contributed by atoms with Crippen molar-refractivity contribution in [2.45, 2.75) is 97.4 Å². The topological polar surface area (TPSA) is 3.24 Å². The molecule has 0 saturated heterocycles. The molecule has 6 rings (SSSR count). The summed E-state index contributed by atoms with van der Waals surface area (Å²) in [5.74, 6) is 0.694. The first-order valence-electron chi connectivity index (χ1n) is 15.3. The number of nitrogens with zero attached hydrogens (tertiary/aromatic N) is 1. The monoisotopic (exact) mass is 527 g/mol. The predicted molar refractivity (Wildman–Crippen MR) is 173 cm³/mol. The number of benzene rings is 4. The van der Waals surface area contributed by atoms with Gasteiger partial charge in [0.05, 0.1) is 0 Å². The van der Waals surface area contributed by atoms with E-state index in [1.165, 1.54) is 88.0 Å². The molecule has 0 unspecified atom stereocenters. The number of rotatable bonds is 4. The number of fused-ring (bicyclic) bond motifs is 3. The maximum atomic E-state index is 2.59. The number of hydrogen-bond donors (Lipinski definition) is 0. The van der Waals surface area contributed by atoms with E-state index in [4.69, 9.17) is 0 Å². The summed E-state index contributed by atoms with van der Waals surface area (Å²) >= 11 is 0. The van der Waals surface area contributed by atoms with Gasteiger partial charge >= 0.3 is 0 Å². The van der Waals surface area contributed by atoms with Gasteiger partial charge in [0.1, 0.15) is 0 Å². The fourth-order valence-corrected chi connectivity index (χ4v) is 7.46. The highest BCUT2D eigenvalue weighted by Crippen LogP contribution is 2.54. The van der Waals surface area contributed by atoms with Crippen LogP contribution in [0.3, 0.4) is 0 Å². The van der Waals surface area contributed by atoms with Crippen LogP contribution in [-0.2, 0) is 5.41 Å². The van der Waals surface area contributed by atoms with Crippen molar-refractivity contribution in [1.29, 1.82) is 0 Å². The largest absolute Gasteiger partial charge is 0.336 e. The van der Waals surface area contributed by atoms with Crippen molar-refractivity contribution in [3.63, 3.8) is 0 Å². The molecule has 0 aliphatic heterocycles. The lowest BCUT2D eigenvalue weighted by Gasteiger charge is -2.40. The van der Waals surface area contributed by atoms with Crippen LogP contribution in [0.15, 0.2) is 78.9 Å².